The van der Waals surface area contributed by atoms with Crippen molar-refractivity contribution in [1.82, 2.24) is 0 Å². The van der Waals surface area contributed by atoms with Crippen molar-refractivity contribution >= 4 is 11.6 Å². The Labute approximate surface area is 219 Å². The molecule has 0 aromatic rings. The predicted molar refractivity (Wildman–Crippen MR) is 125 cm³/mol. The van der Waals surface area contributed by atoms with Gasteiger partial charge in [0.1, 0.15) is 25.3 Å². The number of epoxide rings is 1. The summed E-state index contributed by atoms with van der Waals surface area (Å²) < 4.78 is 7.63. The molecule has 0 radical (unpaired) electrons. The molecule has 3 saturated heterocycles. The van der Waals surface area contributed by atoms with Crippen LogP contribution in [0.3, 0.4) is 0 Å². The van der Waals surface area contributed by atoms with E-state index in [0.717, 1.165) is 41.3 Å². The first-order valence-corrected chi connectivity index (χ1v) is 12.8. The Morgan fingerprint density at radius 3 is 1.48 bits per heavy atom. The van der Waals surface area contributed by atoms with E-state index in [1.54, 1.807) is 0 Å². The number of ether oxygens (including phenoxy) is 1. The van der Waals surface area contributed by atoms with Crippen molar-refractivity contribution in [3.05, 3.63) is 0 Å². The SMILES string of the molecule is CCC1C[N+](C)(CC(O)CCl)CC1CC.CCC1C[N+](C)(CC2CO2)CC1CC.[Na+].[OH-]. The van der Waals surface area contributed by atoms with Gasteiger partial charge >= 0.3 is 29.6 Å². The monoisotopic (exact) mass is 472 g/mol. The number of aliphatic hydroxyl groups is 1. The maximum Gasteiger partial charge on any atom is 1.00 e. The number of quaternary nitrogens is 2. The van der Waals surface area contributed by atoms with E-state index in [1.165, 1.54) is 62.9 Å². The number of alkyl halides is 1. The number of halogens is 1. The molecule has 0 saturated carbocycles. The molecule has 3 heterocycles. The van der Waals surface area contributed by atoms with Gasteiger partial charge < -0.3 is 24.3 Å². The Morgan fingerprint density at radius 1 is 0.839 bits per heavy atom. The number of hydrogen-bond acceptors (Lipinski definition) is 3. The third-order valence-electron chi connectivity index (χ3n) is 8.01. The molecular weight excluding hydrogens is 423 g/mol. The second-order valence-electron chi connectivity index (χ2n) is 10.8. The number of rotatable bonds is 9. The third kappa shape index (κ3) is 9.70. The first kappa shape index (κ1) is 32.1. The minimum absolute atomic E-state index is 0. The fraction of sp³-hybridized carbons (Fsp3) is 1.00. The summed E-state index contributed by atoms with van der Waals surface area (Å²) in [6.07, 6.45) is 5.50. The smallest absolute Gasteiger partial charge is 0.870 e. The average molecular weight is 473 g/mol. The van der Waals surface area contributed by atoms with Gasteiger partial charge in [-0.05, 0) is 25.7 Å². The standard InChI is InChI=1S/C12H25ClNO.C12H24NO.Na.H2O/c1-4-10-7-14(3,8-11(10)5-2)9-12(15)6-13;1-4-10-6-13(3,7-11(10)5-2)8-12-9-14-12;;/h10-12,15H,4-9H2,1-3H3;10-12H,4-9H2,1-3H3;;1H2/q3*+1;/p-1. The minimum atomic E-state index is -0.343. The zero-order chi connectivity index (χ0) is 21.7. The van der Waals surface area contributed by atoms with Crippen LogP contribution in [0.15, 0.2) is 0 Å². The Morgan fingerprint density at radius 2 is 1.19 bits per heavy atom. The molecule has 6 unspecified atom stereocenters. The Bertz CT molecular complexity index is 471. The van der Waals surface area contributed by atoms with E-state index in [1.807, 2.05) is 0 Å². The van der Waals surface area contributed by atoms with E-state index < -0.39 is 0 Å². The second-order valence-corrected chi connectivity index (χ2v) is 11.1. The van der Waals surface area contributed by atoms with Crippen LogP contribution < -0.4 is 29.6 Å². The van der Waals surface area contributed by atoms with Gasteiger partial charge in [-0.3, -0.25) is 0 Å². The van der Waals surface area contributed by atoms with Crippen molar-refractivity contribution in [2.75, 3.05) is 65.9 Å². The van der Waals surface area contributed by atoms with Crippen LogP contribution in [0.5, 0.6) is 0 Å². The summed E-state index contributed by atoms with van der Waals surface area (Å²) in [4.78, 5) is 0. The molecule has 3 fully saturated rings. The molecule has 3 aliphatic heterocycles. The summed E-state index contributed by atoms with van der Waals surface area (Å²) in [7, 11) is 4.67. The van der Waals surface area contributed by atoms with Crippen LogP contribution in [0.25, 0.3) is 0 Å². The summed E-state index contributed by atoms with van der Waals surface area (Å²) in [6, 6.07) is 0. The third-order valence-corrected chi connectivity index (χ3v) is 8.36. The van der Waals surface area contributed by atoms with Crippen LogP contribution in [0, 0.1) is 23.7 Å². The molecule has 0 aliphatic carbocycles. The number of hydrogen-bond donors (Lipinski definition) is 1. The second kappa shape index (κ2) is 14.5. The van der Waals surface area contributed by atoms with Crippen LogP contribution in [-0.2, 0) is 4.74 Å². The zero-order valence-corrected chi connectivity index (χ0v) is 24.3. The van der Waals surface area contributed by atoms with E-state index >= 15 is 0 Å². The van der Waals surface area contributed by atoms with Gasteiger partial charge in [0.15, 0.2) is 0 Å². The van der Waals surface area contributed by atoms with Gasteiger partial charge in [-0.15, -0.1) is 11.6 Å². The molecule has 3 rings (SSSR count). The van der Waals surface area contributed by atoms with E-state index in [2.05, 4.69) is 41.8 Å². The summed E-state index contributed by atoms with van der Waals surface area (Å²) >= 11 is 5.67. The van der Waals surface area contributed by atoms with Crippen molar-refractivity contribution in [1.29, 1.82) is 0 Å². The number of likely N-dealkylation sites (tertiary alicyclic amines) is 2. The van der Waals surface area contributed by atoms with Crippen molar-refractivity contribution in [3.8, 4) is 0 Å². The first-order chi connectivity index (χ1) is 13.7. The minimum Gasteiger partial charge on any atom is -0.870 e. The topological polar surface area (TPSA) is 62.8 Å². The summed E-state index contributed by atoms with van der Waals surface area (Å²) in [5.74, 6) is 3.96. The molecule has 3 aliphatic rings. The molecular formula is C24H50ClN2NaO3+2. The maximum absolute atomic E-state index is 9.65. The fourth-order valence-electron chi connectivity index (χ4n) is 6.38. The van der Waals surface area contributed by atoms with Gasteiger partial charge in [-0.1, -0.05) is 27.7 Å². The Kier molecular flexibility index (Phi) is 15.0. The van der Waals surface area contributed by atoms with Crippen LogP contribution >= 0.6 is 11.6 Å². The van der Waals surface area contributed by atoms with Gasteiger partial charge in [0, 0.05) is 23.7 Å². The molecule has 31 heavy (non-hydrogen) atoms. The van der Waals surface area contributed by atoms with Gasteiger partial charge in [-0.25, -0.2) is 0 Å². The van der Waals surface area contributed by atoms with Gasteiger partial charge in [0.25, 0.3) is 0 Å². The van der Waals surface area contributed by atoms with Crippen molar-refractivity contribution in [3.63, 3.8) is 0 Å². The largest absolute Gasteiger partial charge is 1.00 e. The zero-order valence-electron chi connectivity index (χ0n) is 21.5. The van der Waals surface area contributed by atoms with Gasteiger partial charge in [0.2, 0.25) is 0 Å². The number of aliphatic hydroxyl groups excluding tert-OH is 1. The van der Waals surface area contributed by atoms with Crippen LogP contribution in [0.1, 0.15) is 53.4 Å². The molecule has 5 nitrogen and oxygen atoms in total. The quantitative estimate of drug-likeness (QED) is 0.234. The summed E-state index contributed by atoms with van der Waals surface area (Å²) in [5, 5.41) is 9.65. The van der Waals surface area contributed by atoms with E-state index in [0.29, 0.717) is 12.0 Å². The molecule has 0 amide bonds. The molecule has 180 valence electrons. The fourth-order valence-corrected chi connectivity index (χ4v) is 6.48. The number of nitrogens with zero attached hydrogens (tertiary/aromatic N) is 2. The normalized spacial score (nSPS) is 39.7. The number of likely N-dealkylation sites (N-methyl/N-ethyl adjacent to an activating group) is 2. The summed E-state index contributed by atoms with van der Waals surface area (Å²) in [5.41, 5.74) is 0. The van der Waals surface area contributed by atoms with Crippen molar-refractivity contribution in [2.24, 2.45) is 23.7 Å². The van der Waals surface area contributed by atoms with E-state index in [-0.39, 0.29) is 41.1 Å². The van der Waals surface area contributed by atoms with Crippen LogP contribution in [-0.4, -0.2) is 97.6 Å². The Hall–Kier alpha value is 1.09. The van der Waals surface area contributed by atoms with Crippen molar-refractivity contribution in [2.45, 2.75) is 65.6 Å². The maximum atomic E-state index is 9.65. The van der Waals surface area contributed by atoms with Crippen LogP contribution in [0.2, 0.25) is 0 Å². The van der Waals surface area contributed by atoms with E-state index in [4.69, 9.17) is 16.3 Å². The molecule has 6 atom stereocenters. The molecule has 7 heteroatoms. The average Bonchev–Trinajstić information content (AvgIpc) is 3.35. The molecule has 0 spiro atoms. The molecule has 0 aromatic heterocycles. The van der Waals surface area contributed by atoms with Gasteiger partial charge in [0.05, 0.1) is 52.8 Å². The van der Waals surface area contributed by atoms with Crippen molar-refractivity contribution < 1.29 is 53.8 Å². The molecule has 2 N–H and O–H groups in total. The molecule has 0 bridgehead atoms. The predicted octanol–water partition coefficient (Wildman–Crippen LogP) is 0.824. The Balaban J connectivity index is 0.000000546. The van der Waals surface area contributed by atoms with Gasteiger partial charge in [-0.2, -0.15) is 0 Å². The van der Waals surface area contributed by atoms with Crippen LogP contribution in [0.4, 0.5) is 0 Å². The molecule has 0 aromatic carbocycles. The first-order valence-electron chi connectivity index (χ1n) is 12.2. The van der Waals surface area contributed by atoms with E-state index in [9.17, 15) is 5.11 Å². The summed E-state index contributed by atoms with van der Waals surface area (Å²) in [6.45, 7) is 17.5.